The van der Waals surface area contributed by atoms with E-state index in [2.05, 4.69) is 11.4 Å². The predicted octanol–water partition coefficient (Wildman–Crippen LogP) is 2.26. The van der Waals surface area contributed by atoms with E-state index in [1.54, 1.807) is 16.8 Å². The summed E-state index contributed by atoms with van der Waals surface area (Å²) in [6.45, 7) is 5.33. The van der Waals surface area contributed by atoms with Crippen LogP contribution in [0.1, 0.15) is 27.2 Å². The Bertz CT molecular complexity index is 753. The van der Waals surface area contributed by atoms with E-state index in [4.69, 9.17) is 0 Å². The molecule has 0 aliphatic heterocycles. The summed E-state index contributed by atoms with van der Waals surface area (Å²) in [6, 6.07) is 9.74. The molecule has 120 valence electrons. The van der Waals surface area contributed by atoms with Gasteiger partial charge in [0.2, 0.25) is 0 Å². The Morgan fingerprint density at radius 1 is 1.30 bits per heavy atom. The molecule has 5 nitrogen and oxygen atoms in total. The lowest BCUT2D eigenvalue weighted by atomic mass is 10.1. The van der Waals surface area contributed by atoms with E-state index < -0.39 is 0 Å². The molecule has 1 N–H and O–H groups in total. The van der Waals surface area contributed by atoms with Crippen molar-refractivity contribution in [1.29, 1.82) is 5.26 Å². The van der Waals surface area contributed by atoms with Crippen molar-refractivity contribution in [3.05, 3.63) is 52.8 Å². The first-order valence-corrected chi connectivity index (χ1v) is 7.56. The number of aryl methyl sites for hydroxylation is 1. The molecule has 5 heteroatoms. The van der Waals surface area contributed by atoms with Crippen LogP contribution in [0, 0.1) is 25.2 Å². The molecule has 1 aromatic heterocycles. The maximum absolute atomic E-state index is 12.6. The minimum absolute atomic E-state index is 0.227. The van der Waals surface area contributed by atoms with Crippen LogP contribution in [0.4, 0.5) is 0 Å². The van der Waals surface area contributed by atoms with Gasteiger partial charge in [0.05, 0.1) is 5.56 Å². The van der Waals surface area contributed by atoms with Crippen LogP contribution in [0.3, 0.4) is 0 Å². The van der Waals surface area contributed by atoms with E-state index in [9.17, 15) is 10.1 Å². The van der Waals surface area contributed by atoms with Gasteiger partial charge in [0.15, 0.2) is 0 Å². The van der Waals surface area contributed by atoms with Crippen molar-refractivity contribution >= 4 is 5.91 Å². The zero-order valence-corrected chi connectivity index (χ0v) is 14.1. The van der Waals surface area contributed by atoms with Gasteiger partial charge in [-0.3, -0.25) is 4.79 Å². The maximum atomic E-state index is 12.6. The Hall–Kier alpha value is -2.58. The van der Waals surface area contributed by atoms with Gasteiger partial charge in [0.25, 0.3) is 5.91 Å². The number of likely N-dealkylation sites (N-methyl/N-ethyl adjacent to an activating group) is 1. The summed E-state index contributed by atoms with van der Waals surface area (Å²) in [6.07, 6.45) is 1.78. The summed E-state index contributed by atoms with van der Waals surface area (Å²) in [4.78, 5) is 14.6. The lowest BCUT2D eigenvalue weighted by Gasteiger charge is -2.15. The first-order valence-electron chi connectivity index (χ1n) is 7.56. The van der Waals surface area contributed by atoms with Crippen LogP contribution >= 0.6 is 0 Å². The van der Waals surface area contributed by atoms with E-state index in [-0.39, 0.29) is 5.91 Å². The fraction of sp³-hybridized carbons (Fsp3) is 0.333. The van der Waals surface area contributed by atoms with Crippen LogP contribution in [0.25, 0.3) is 5.69 Å². The van der Waals surface area contributed by atoms with Crippen molar-refractivity contribution in [3.8, 4) is 11.8 Å². The van der Waals surface area contributed by atoms with E-state index in [0.29, 0.717) is 17.8 Å². The summed E-state index contributed by atoms with van der Waals surface area (Å²) >= 11 is 0. The normalized spacial score (nSPS) is 10.6. The number of carbonyl (C=O) groups excluding carboxylic acids is 1. The maximum Gasteiger partial charge on any atom is 0.269 e. The fourth-order valence-electron chi connectivity index (χ4n) is 2.43. The third-order valence-electron chi connectivity index (χ3n) is 3.90. The summed E-state index contributed by atoms with van der Waals surface area (Å²) in [5, 5.41) is 12.2. The fourth-order valence-corrected chi connectivity index (χ4v) is 2.43. The highest BCUT2D eigenvalue weighted by Crippen LogP contribution is 2.22. The van der Waals surface area contributed by atoms with Gasteiger partial charge in [-0.2, -0.15) is 5.26 Å². The molecular formula is C18H22N4O. The average Bonchev–Trinajstić information content (AvgIpc) is 2.93. The number of nitriles is 1. The second-order valence-corrected chi connectivity index (χ2v) is 5.84. The molecule has 0 saturated carbocycles. The van der Waals surface area contributed by atoms with Gasteiger partial charge < -0.3 is 14.8 Å². The number of rotatable bonds is 5. The molecule has 2 aromatic rings. The molecule has 2 rings (SSSR count). The third-order valence-corrected chi connectivity index (χ3v) is 3.90. The molecule has 0 radical (unpaired) electrons. The van der Waals surface area contributed by atoms with Crippen LogP contribution in [-0.2, 0) is 0 Å². The molecular weight excluding hydrogens is 288 g/mol. The smallest absolute Gasteiger partial charge is 0.269 e. The Labute approximate surface area is 137 Å². The molecule has 1 heterocycles. The Morgan fingerprint density at radius 2 is 2.04 bits per heavy atom. The van der Waals surface area contributed by atoms with Crippen molar-refractivity contribution in [2.45, 2.75) is 13.8 Å². The van der Waals surface area contributed by atoms with Crippen molar-refractivity contribution in [3.63, 3.8) is 0 Å². The molecule has 0 aliphatic carbocycles. The molecule has 1 aromatic carbocycles. The van der Waals surface area contributed by atoms with Gasteiger partial charge in [0.1, 0.15) is 11.8 Å². The number of hydrogen-bond acceptors (Lipinski definition) is 3. The Balaban J connectivity index is 2.40. The number of nitrogens with one attached hydrogen (secondary N) is 1. The van der Waals surface area contributed by atoms with Gasteiger partial charge in [-0.25, -0.2) is 0 Å². The Morgan fingerprint density at radius 3 is 2.70 bits per heavy atom. The quantitative estimate of drug-likeness (QED) is 0.921. The van der Waals surface area contributed by atoms with Crippen LogP contribution in [0.2, 0.25) is 0 Å². The van der Waals surface area contributed by atoms with Crippen LogP contribution in [0.15, 0.2) is 30.5 Å². The molecule has 0 spiro atoms. The zero-order valence-electron chi connectivity index (χ0n) is 14.1. The first kappa shape index (κ1) is 16.8. The molecule has 0 unspecified atom stereocenters. The van der Waals surface area contributed by atoms with Gasteiger partial charge >= 0.3 is 0 Å². The molecule has 0 aliphatic rings. The number of aromatic nitrogens is 1. The molecule has 0 saturated heterocycles. The standard InChI is InChI=1S/C18H22N4O/c1-13-6-5-7-16(14(13)2)22-10-8-15(12-19)17(22)18(23)20-9-11-21(3)4/h5-8,10H,9,11H2,1-4H3,(H,20,23). The van der Waals surface area contributed by atoms with Crippen molar-refractivity contribution in [2.24, 2.45) is 0 Å². The predicted molar refractivity (Wildman–Crippen MR) is 90.8 cm³/mol. The average molecular weight is 310 g/mol. The molecule has 0 atom stereocenters. The van der Waals surface area contributed by atoms with Crippen LogP contribution in [0.5, 0.6) is 0 Å². The van der Waals surface area contributed by atoms with Crippen molar-refractivity contribution < 1.29 is 4.79 Å². The second-order valence-electron chi connectivity index (χ2n) is 5.84. The van der Waals surface area contributed by atoms with Gasteiger partial charge in [0, 0.05) is 25.0 Å². The largest absolute Gasteiger partial charge is 0.349 e. The lowest BCUT2D eigenvalue weighted by molar-refractivity contribution is 0.0944. The second kappa shape index (κ2) is 7.12. The molecule has 1 amide bonds. The van der Waals surface area contributed by atoms with E-state index in [0.717, 1.165) is 23.4 Å². The SMILES string of the molecule is Cc1cccc(-n2ccc(C#N)c2C(=O)NCCN(C)C)c1C. The molecule has 0 bridgehead atoms. The summed E-state index contributed by atoms with van der Waals surface area (Å²) in [5.74, 6) is -0.227. The molecule has 23 heavy (non-hydrogen) atoms. The highest BCUT2D eigenvalue weighted by molar-refractivity contribution is 5.96. The highest BCUT2D eigenvalue weighted by Gasteiger charge is 2.19. The van der Waals surface area contributed by atoms with Crippen LogP contribution in [-0.4, -0.2) is 42.6 Å². The topological polar surface area (TPSA) is 61.1 Å². The number of nitrogens with zero attached hydrogens (tertiary/aromatic N) is 3. The number of carbonyl (C=O) groups is 1. The summed E-state index contributed by atoms with van der Waals surface area (Å²) < 4.78 is 1.80. The van der Waals surface area contributed by atoms with E-state index >= 15 is 0 Å². The van der Waals surface area contributed by atoms with Crippen molar-refractivity contribution in [1.82, 2.24) is 14.8 Å². The Kier molecular flexibility index (Phi) is 5.20. The van der Waals surface area contributed by atoms with E-state index in [1.807, 2.05) is 51.0 Å². The van der Waals surface area contributed by atoms with Gasteiger partial charge in [-0.15, -0.1) is 0 Å². The highest BCUT2D eigenvalue weighted by atomic mass is 16.1. The third kappa shape index (κ3) is 3.61. The lowest BCUT2D eigenvalue weighted by Crippen LogP contribution is -2.32. The van der Waals surface area contributed by atoms with Crippen LogP contribution < -0.4 is 5.32 Å². The number of amides is 1. The summed E-state index contributed by atoms with van der Waals surface area (Å²) in [5.41, 5.74) is 3.93. The van der Waals surface area contributed by atoms with E-state index in [1.165, 1.54) is 0 Å². The zero-order chi connectivity index (χ0) is 17.0. The summed E-state index contributed by atoms with van der Waals surface area (Å²) in [7, 11) is 3.90. The monoisotopic (exact) mass is 310 g/mol. The number of benzene rings is 1. The number of hydrogen-bond donors (Lipinski definition) is 1. The first-order chi connectivity index (χ1) is 11.0. The minimum atomic E-state index is -0.227. The minimum Gasteiger partial charge on any atom is -0.349 e. The molecule has 0 fully saturated rings. The van der Waals surface area contributed by atoms with Gasteiger partial charge in [-0.05, 0) is 51.2 Å². The van der Waals surface area contributed by atoms with Crippen molar-refractivity contribution in [2.75, 3.05) is 27.2 Å². The van der Waals surface area contributed by atoms with Gasteiger partial charge in [-0.1, -0.05) is 12.1 Å².